The molecule has 3 nitrogen and oxygen atoms in total. The molecule has 18 heavy (non-hydrogen) atoms. The summed E-state index contributed by atoms with van der Waals surface area (Å²) in [4.78, 5) is 35.9. The second-order valence-electron chi connectivity index (χ2n) is 4.77. The molecule has 0 saturated carbocycles. The molecule has 2 rings (SSSR count). The van der Waals surface area contributed by atoms with E-state index in [2.05, 4.69) is 0 Å². The van der Waals surface area contributed by atoms with Crippen LogP contribution in [0, 0.1) is 11.8 Å². The van der Waals surface area contributed by atoms with Crippen LogP contribution >= 0.6 is 0 Å². The molecule has 0 bridgehead atoms. The maximum Gasteiger partial charge on any atom is 2.00 e. The number of carbonyl (C=O) groups excluding carboxylic acids is 3. The van der Waals surface area contributed by atoms with Crippen LogP contribution in [-0.4, -0.2) is 55.1 Å². The fraction of sp³-hybridized carbons (Fsp3) is 0.357. The standard InChI is InChI=1S/C14H14O3.Ca/c1-8(2)7-11(15)12-13(16)9-5-3-4-6-10(9)14(12)17;/h3-6,8,12H,7H2,1-2H3;/q;+2. The van der Waals surface area contributed by atoms with E-state index < -0.39 is 5.92 Å². The first-order valence-corrected chi connectivity index (χ1v) is 5.72. The third kappa shape index (κ3) is 2.73. The summed E-state index contributed by atoms with van der Waals surface area (Å²) in [6.45, 7) is 3.80. The Labute approximate surface area is 136 Å². The van der Waals surface area contributed by atoms with Gasteiger partial charge < -0.3 is 0 Å². The zero-order chi connectivity index (χ0) is 12.6. The van der Waals surface area contributed by atoms with E-state index in [0.717, 1.165) is 0 Å². The molecule has 0 N–H and O–H groups in total. The average Bonchev–Trinajstić information content (AvgIpc) is 2.51. The largest absolute Gasteiger partial charge is 2.00 e. The number of rotatable bonds is 3. The van der Waals surface area contributed by atoms with Crippen LogP contribution < -0.4 is 0 Å². The number of hydrogen-bond donors (Lipinski definition) is 0. The molecule has 1 aliphatic rings. The van der Waals surface area contributed by atoms with Crippen molar-refractivity contribution in [1.29, 1.82) is 0 Å². The van der Waals surface area contributed by atoms with E-state index >= 15 is 0 Å². The Morgan fingerprint density at radius 1 is 1.11 bits per heavy atom. The van der Waals surface area contributed by atoms with Gasteiger partial charge in [-0.25, -0.2) is 0 Å². The number of ketones is 3. The van der Waals surface area contributed by atoms with E-state index in [1.54, 1.807) is 24.3 Å². The summed E-state index contributed by atoms with van der Waals surface area (Å²) in [5.74, 6) is -1.86. The second-order valence-corrected chi connectivity index (χ2v) is 4.77. The average molecular weight is 270 g/mol. The first-order chi connectivity index (χ1) is 8.02. The van der Waals surface area contributed by atoms with Crippen molar-refractivity contribution in [2.24, 2.45) is 11.8 Å². The van der Waals surface area contributed by atoms with Crippen LogP contribution in [-0.2, 0) is 4.79 Å². The van der Waals surface area contributed by atoms with Gasteiger partial charge in [0.25, 0.3) is 0 Å². The first kappa shape index (κ1) is 15.5. The van der Waals surface area contributed by atoms with Crippen LogP contribution in [0.3, 0.4) is 0 Å². The van der Waals surface area contributed by atoms with Gasteiger partial charge in [-0.3, -0.25) is 14.4 Å². The molecular formula is C14H14CaO3+2. The molecule has 0 atom stereocenters. The molecule has 0 amide bonds. The molecule has 0 aromatic heterocycles. The van der Waals surface area contributed by atoms with Gasteiger partial charge in [0.1, 0.15) is 5.92 Å². The van der Waals surface area contributed by atoms with Crippen molar-refractivity contribution >= 4 is 55.1 Å². The molecule has 1 aliphatic carbocycles. The van der Waals surface area contributed by atoms with E-state index in [1.165, 1.54) is 0 Å². The molecular weight excluding hydrogens is 256 g/mol. The molecule has 88 valence electrons. The predicted molar refractivity (Wildman–Crippen MR) is 68.8 cm³/mol. The quantitative estimate of drug-likeness (QED) is 0.623. The number of benzene rings is 1. The van der Waals surface area contributed by atoms with E-state index in [-0.39, 0.29) is 67.4 Å². The van der Waals surface area contributed by atoms with Crippen LogP contribution in [0.25, 0.3) is 0 Å². The molecule has 0 unspecified atom stereocenters. The van der Waals surface area contributed by atoms with Crippen molar-refractivity contribution in [2.45, 2.75) is 20.3 Å². The molecule has 0 spiro atoms. The van der Waals surface area contributed by atoms with Gasteiger partial charge in [0, 0.05) is 17.5 Å². The fourth-order valence-corrected chi connectivity index (χ4v) is 2.16. The Morgan fingerprint density at radius 2 is 1.56 bits per heavy atom. The zero-order valence-corrected chi connectivity index (χ0v) is 12.8. The summed E-state index contributed by atoms with van der Waals surface area (Å²) in [5, 5.41) is 0. The van der Waals surface area contributed by atoms with Gasteiger partial charge in [-0.15, -0.1) is 0 Å². The third-order valence-corrected chi connectivity index (χ3v) is 2.91. The third-order valence-electron chi connectivity index (χ3n) is 2.91. The van der Waals surface area contributed by atoms with Crippen molar-refractivity contribution in [3.05, 3.63) is 35.4 Å². The summed E-state index contributed by atoms with van der Waals surface area (Å²) in [6.07, 6.45) is 0.274. The monoisotopic (exact) mass is 270 g/mol. The summed E-state index contributed by atoms with van der Waals surface area (Å²) >= 11 is 0. The van der Waals surface area contributed by atoms with Gasteiger partial charge in [-0.05, 0) is 5.92 Å². The predicted octanol–water partition coefficient (Wildman–Crippen LogP) is 1.92. The Morgan fingerprint density at radius 3 is 1.94 bits per heavy atom. The topological polar surface area (TPSA) is 51.2 Å². The van der Waals surface area contributed by atoms with E-state index in [4.69, 9.17) is 0 Å². The number of Topliss-reactive ketones (excluding diaryl/α,β-unsaturated/α-hetero) is 3. The van der Waals surface area contributed by atoms with E-state index in [0.29, 0.717) is 11.1 Å². The van der Waals surface area contributed by atoms with Gasteiger partial charge >= 0.3 is 37.7 Å². The molecule has 1 aromatic carbocycles. The minimum atomic E-state index is -1.09. The second kappa shape index (κ2) is 6.09. The minimum Gasteiger partial charge on any atom is -0.298 e. The summed E-state index contributed by atoms with van der Waals surface area (Å²) in [5.41, 5.74) is 0.777. The molecule has 4 heteroatoms. The smallest absolute Gasteiger partial charge is 0.298 e. The Bertz CT molecular complexity index is 471. The van der Waals surface area contributed by atoms with Crippen LogP contribution in [0.2, 0.25) is 0 Å². The Balaban J connectivity index is 0.00000162. The van der Waals surface area contributed by atoms with E-state index in [9.17, 15) is 14.4 Å². The maximum absolute atomic E-state index is 12.0. The normalized spacial score (nSPS) is 14.6. The molecule has 1 aromatic rings. The number of carbonyl (C=O) groups is 3. The maximum atomic E-state index is 12.0. The van der Waals surface area contributed by atoms with Crippen molar-refractivity contribution < 1.29 is 14.4 Å². The van der Waals surface area contributed by atoms with E-state index in [1.807, 2.05) is 13.8 Å². The van der Waals surface area contributed by atoms with Crippen molar-refractivity contribution in [1.82, 2.24) is 0 Å². The number of fused-ring (bicyclic) bond motifs is 1. The summed E-state index contributed by atoms with van der Waals surface area (Å²) in [6, 6.07) is 6.63. The SMILES string of the molecule is CC(C)CC(=O)C1C(=O)c2ccccc2C1=O.[Ca+2]. The summed E-state index contributed by atoms with van der Waals surface area (Å²) in [7, 11) is 0. The number of hydrogen-bond acceptors (Lipinski definition) is 3. The van der Waals surface area contributed by atoms with Gasteiger partial charge in [-0.2, -0.15) is 0 Å². The van der Waals surface area contributed by atoms with Crippen LogP contribution in [0.4, 0.5) is 0 Å². The van der Waals surface area contributed by atoms with Crippen molar-refractivity contribution in [2.75, 3.05) is 0 Å². The van der Waals surface area contributed by atoms with Crippen LogP contribution in [0.1, 0.15) is 41.0 Å². The van der Waals surface area contributed by atoms with Gasteiger partial charge in [-0.1, -0.05) is 38.1 Å². The molecule has 0 saturated heterocycles. The molecule has 0 radical (unpaired) electrons. The van der Waals surface area contributed by atoms with Gasteiger partial charge in [0.15, 0.2) is 17.3 Å². The Hall–Kier alpha value is -0.510. The molecule has 0 aliphatic heterocycles. The molecule has 0 heterocycles. The fourth-order valence-electron chi connectivity index (χ4n) is 2.16. The zero-order valence-electron chi connectivity index (χ0n) is 10.6. The van der Waals surface area contributed by atoms with Crippen molar-refractivity contribution in [3.63, 3.8) is 0 Å². The molecule has 0 fully saturated rings. The van der Waals surface area contributed by atoms with Gasteiger partial charge in [0.2, 0.25) is 0 Å². The first-order valence-electron chi connectivity index (χ1n) is 5.72. The summed E-state index contributed by atoms with van der Waals surface area (Å²) < 4.78 is 0. The van der Waals surface area contributed by atoms with Gasteiger partial charge in [0.05, 0.1) is 0 Å². The van der Waals surface area contributed by atoms with Crippen molar-refractivity contribution in [3.8, 4) is 0 Å². The Kier molecular flexibility index (Phi) is 5.26. The minimum absolute atomic E-state index is 0. The van der Waals surface area contributed by atoms with Crippen LogP contribution in [0.15, 0.2) is 24.3 Å². The van der Waals surface area contributed by atoms with Crippen LogP contribution in [0.5, 0.6) is 0 Å².